The summed E-state index contributed by atoms with van der Waals surface area (Å²) in [5.41, 5.74) is 0. The van der Waals surface area contributed by atoms with Crippen LogP contribution in [0, 0.1) is 0 Å². The summed E-state index contributed by atoms with van der Waals surface area (Å²) in [5.74, 6) is 2.84. The molecule has 0 radical (unpaired) electrons. The molecule has 2 aliphatic heterocycles. The number of hydrogen-bond acceptors (Lipinski definition) is 1. The SMILES string of the molecule is CS1(C)CCCCC1C1COCCS1(C)C. The van der Waals surface area contributed by atoms with Crippen molar-refractivity contribution in [1.29, 1.82) is 0 Å². The van der Waals surface area contributed by atoms with Gasteiger partial charge in [-0.15, -0.1) is 0 Å². The maximum atomic E-state index is 5.80. The monoisotopic (exact) mass is 264 g/mol. The number of hydrogen-bond donors (Lipinski definition) is 0. The van der Waals surface area contributed by atoms with Gasteiger partial charge in [0.1, 0.15) is 0 Å². The Labute approximate surface area is 104 Å². The van der Waals surface area contributed by atoms with Crippen LogP contribution >= 0.6 is 20.1 Å². The van der Waals surface area contributed by atoms with E-state index in [0.717, 1.165) is 23.7 Å². The first-order chi connectivity index (χ1) is 7.43. The Morgan fingerprint density at radius 2 is 1.56 bits per heavy atom. The summed E-state index contributed by atoms with van der Waals surface area (Å²) in [6.45, 7) is 2.07. The lowest BCUT2D eigenvalue weighted by Gasteiger charge is -2.55. The first-order valence-electron chi connectivity index (χ1n) is 6.41. The number of rotatable bonds is 1. The first-order valence-corrected chi connectivity index (χ1v) is 11.8. The molecule has 16 heavy (non-hydrogen) atoms. The van der Waals surface area contributed by atoms with Crippen molar-refractivity contribution in [2.45, 2.75) is 29.8 Å². The fourth-order valence-electron chi connectivity index (χ4n) is 3.21. The van der Waals surface area contributed by atoms with E-state index in [2.05, 4.69) is 25.0 Å². The van der Waals surface area contributed by atoms with Gasteiger partial charge in [0.25, 0.3) is 0 Å². The second-order valence-corrected chi connectivity index (χ2v) is 14.8. The average molecular weight is 264 g/mol. The summed E-state index contributed by atoms with van der Waals surface area (Å²) in [6.07, 6.45) is 14.7. The molecule has 2 heterocycles. The Bertz CT molecular complexity index is 224. The van der Waals surface area contributed by atoms with Crippen molar-refractivity contribution in [3.8, 4) is 0 Å². The van der Waals surface area contributed by atoms with E-state index in [-0.39, 0.29) is 10.0 Å². The Morgan fingerprint density at radius 3 is 2.19 bits per heavy atom. The van der Waals surface area contributed by atoms with Crippen molar-refractivity contribution < 1.29 is 4.74 Å². The van der Waals surface area contributed by atoms with E-state index < -0.39 is 10.0 Å². The molecule has 1 nitrogen and oxygen atoms in total. The van der Waals surface area contributed by atoms with Gasteiger partial charge >= 0.3 is 0 Å². The third kappa shape index (κ3) is 2.56. The molecule has 0 bridgehead atoms. The van der Waals surface area contributed by atoms with Gasteiger partial charge in [0.2, 0.25) is 0 Å². The van der Waals surface area contributed by atoms with E-state index in [1.54, 1.807) is 0 Å². The van der Waals surface area contributed by atoms with Crippen LogP contribution in [-0.2, 0) is 4.74 Å². The molecule has 0 N–H and O–H groups in total. The molecular weight excluding hydrogens is 236 g/mol. The van der Waals surface area contributed by atoms with Crippen molar-refractivity contribution in [2.24, 2.45) is 0 Å². The van der Waals surface area contributed by atoms with E-state index >= 15 is 0 Å². The van der Waals surface area contributed by atoms with E-state index in [4.69, 9.17) is 4.74 Å². The third-order valence-electron chi connectivity index (χ3n) is 4.50. The minimum atomic E-state index is -0.398. The maximum absolute atomic E-state index is 5.80. The van der Waals surface area contributed by atoms with E-state index in [1.807, 2.05) is 0 Å². The molecule has 2 saturated heterocycles. The standard InChI is InChI=1S/C13H28OS2/c1-15(2)9-6-5-7-12(15)13-11-14-8-10-16(13,3)4/h12-13H,5-11H2,1-4H3. The molecule has 0 amide bonds. The van der Waals surface area contributed by atoms with Crippen LogP contribution in [0.25, 0.3) is 0 Å². The highest BCUT2D eigenvalue weighted by molar-refractivity contribution is 8.36. The van der Waals surface area contributed by atoms with E-state index in [9.17, 15) is 0 Å². The van der Waals surface area contributed by atoms with Gasteiger partial charge in [-0.25, -0.2) is 20.1 Å². The minimum Gasteiger partial charge on any atom is -0.380 e. The largest absolute Gasteiger partial charge is 0.380 e. The lowest BCUT2D eigenvalue weighted by Crippen LogP contribution is -2.44. The van der Waals surface area contributed by atoms with Crippen molar-refractivity contribution in [3.05, 3.63) is 0 Å². The van der Waals surface area contributed by atoms with Crippen molar-refractivity contribution >= 4 is 20.1 Å². The fraction of sp³-hybridized carbons (Fsp3) is 1.00. The highest BCUT2D eigenvalue weighted by Crippen LogP contribution is 2.61. The zero-order chi connectivity index (χ0) is 11.8. The molecule has 0 aliphatic carbocycles. The molecule has 0 aromatic carbocycles. The molecule has 3 heteroatoms. The molecule has 0 aromatic rings. The van der Waals surface area contributed by atoms with Crippen molar-refractivity contribution in [3.63, 3.8) is 0 Å². The zero-order valence-electron chi connectivity index (χ0n) is 11.3. The highest BCUT2D eigenvalue weighted by atomic mass is 32.3. The number of ether oxygens (including phenoxy) is 1. The smallest absolute Gasteiger partial charge is 0.0580 e. The first kappa shape index (κ1) is 13.1. The second kappa shape index (κ2) is 4.74. The second-order valence-electron chi connectivity index (χ2n) is 6.30. The van der Waals surface area contributed by atoms with Crippen LogP contribution in [-0.4, -0.2) is 60.2 Å². The topological polar surface area (TPSA) is 9.23 Å². The predicted octanol–water partition coefficient (Wildman–Crippen LogP) is 3.07. The molecule has 2 unspecified atom stereocenters. The Kier molecular flexibility index (Phi) is 3.88. The van der Waals surface area contributed by atoms with Gasteiger partial charge in [-0.1, -0.05) is 6.42 Å². The lowest BCUT2D eigenvalue weighted by atomic mass is 10.1. The van der Waals surface area contributed by atoms with Crippen molar-refractivity contribution in [2.75, 3.05) is 49.7 Å². The minimum absolute atomic E-state index is 0.353. The summed E-state index contributed by atoms with van der Waals surface area (Å²) in [4.78, 5) is 0. The van der Waals surface area contributed by atoms with Crippen LogP contribution in [0.5, 0.6) is 0 Å². The summed E-state index contributed by atoms with van der Waals surface area (Å²) < 4.78 is 5.80. The van der Waals surface area contributed by atoms with Gasteiger partial charge in [0.15, 0.2) is 0 Å². The van der Waals surface area contributed by atoms with Crippen LogP contribution < -0.4 is 0 Å². The average Bonchev–Trinajstić information content (AvgIpc) is 2.18. The van der Waals surface area contributed by atoms with Gasteiger partial charge in [-0.05, 0) is 43.6 Å². The van der Waals surface area contributed by atoms with E-state index in [0.29, 0.717) is 0 Å². The summed E-state index contributed by atoms with van der Waals surface area (Å²) in [7, 11) is -0.752. The highest BCUT2D eigenvalue weighted by Gasteiger charge is 2.41. The van der Waals surface area contributed by atoms with E-state index in [1.165, 1.54) is 30.8 Å². The Hall–Kier alpha value is 0.660. The van der Waals surface area contributed by atoms with Gasteiger partial charge in [0, 0.05) is 16.3 Å². The van der Waals surface area contributed by atoms with Crippen LogP contribution in [0.2, 0.25) is 0 Å². The van der Waals surface area contributed by atoms with Gasteiger partial charge in [-0.2, -0.15) is 0 Å². The van der Waals surface area contributed by atoms with Crippen LogP contribution in [0.15, 0.2) is 0 Å². The van der Waals surface area contributed by atoms with Crippen LogP contribution in [0.4, 0.5) is 0 Å². The molecule has 0 spiro atoms. The molecule has 2 atom stereocenters. The van der Waals surface area contributed by atoms with Gasteiger partial charge in [0.05, 0.1) is 13.2 Å². The predicted molar refractivity (Wildman–Crippen MR) is 80.9 cm³/mol. The third-order valence-corrected chi connectivity index (χ3v) is 11.5. The lowest BCUT2D eigenvalue weighted by molar-refractivity contribution is 0.139. The molecule has 2 aliphatic rings. The fourth-order valence-corrected chi connectivity index (χ4v) is 10.2. The molecule has 0 aromatic heterocycles. The molecule has 0 saturated carbocycles. The summed E-state index contributed by atoms with van der Waals surface area (Å²) in [5, 5.41) is 1.89. The van der Waals surface area contributed by atoms with Crippen LogP contribution in [0.3, 0.4) is 0 Å². The molecule has 2 rings (SSSR count). The summed E-state index contributed by atoms with van der Waals surface area (Å²) >= 11 is 0. The zero-order valence-corrected chi connectivity index (χ0v) is 13.0. The Balaban J connectivity index is 2.15. The van der Waals surface area contributed by atoms with Crippen molar-refractivity contribution in [1.82, 2.24) is 0 Å². The quantitative estimate of drug-likeness (QED) is 0.707. The van der Waals surface area contributed by atoms with Gasteiger partial charge < -0.3 is 4.74 Å². The molecule has 2 fully saturated rings. The Morgan fingerprint density at radius 1 is 0.875 bits per heavy atom. The molecule has 98 valence electrons. The van der Waals surface area contributed by atoms with Crippen LogP contribution in [0.1, 0.15) is 19.3 Å². The normalized spacial score (nSPS) is 42.2. The maximum Gasteiger partial charge on any atom is 0.0580 e. The summed E-state index contributed by atoms with van der Waals surface area (Å²) in [6, 6.07) is 0. The van der Waals surface area contributed by atoms with Gasteiger partial charge in [-0.3, -0.25) is 0 Å². The molecular formula is C13H28OS2.